The van der Waals surface area contributed by atoms with Crippen LogP contribution in [-0.2, 0) is 0 Å². The highest BCUT2D eigenvalue weighted by Crippen LogP contribution is 2.26. The van der Waals surface area contributed by atoms with E-state index < -0.39 is 5.60 Å². The second kappa shape index (κ2) is 8.86. The van der Waals surface area contributed by atoms with Crippen LogP contribution in [0.15, 0.2) is 59.0 Å². The smallest absolute Gasteiger partial charge is 0.0864 e. The van der Waals surface area contributed by atoms with Gasteiger partial charge in [-0.2, -0.15) is 0 Å². The molecule has 22 heavy (non-hydrogen) atoms. The molecule has 1 aliphatic rings. The van der Waals surface area contributed by atoms with Crippen molar-refractivity contribution in [3.8, 4) is 0 Å². The van der Waals surface area contributed by atoms with E-state index in [9.17, 15) is 5.11 Å². The van der Waals surface area contributed by atoms with E-state index in [1.165, 1.54) is 5.70 Å². The van der Waals surface area contributed by atoms with Crippen molar-refractivity contribution in [1.29, 1.82) is 0 Å². The van der Waals surface area contributed by atoms with Crippen LogP contribution in [0, 0.1) is 0 Å². The summed E-state index contributed by atoms with van der Waals surface area (Å²) in [4.78, 5) is 2.27. The molecule has 3 nitrogen and oxygen atoms in total. The van der Waals surface area contributed by atoms with Crippen molar-refractivity contribution < 1.29 is 5.11 Å². The van der Waals surface area contributed by atoms with Crippen LogP contribution >= 0.6 is 11.6 Å². The molecule has 4 heteroatoms. The average molecular weight is 323 g/mol. The molecule has 0 amide bonds. The fourth-order valence-electron chi connectivity index (χ4n) is 2.30. The molecule has 0 unspecified atom stereocenters. The number of aliphatic hydroxyl groups is 1. The molecule has 0 spiro atoms. The highest BCUT2D eigenvalue weighted by atomic mass is 35.5. The standard InChI is InChI=1S/C18H27ClN2O/c1-4-6-17(19)7-5-10-18(22)11-13-21(14-12-18)16(3)9-8-15(2)20/h4-10,22H,11-14,20H2,1-3H3/b6-4-,10-5+,15-8+,16-9+,17-7+. The summed E-state index contributed by atoms with van der Waals surface area (Å²) >= 11 is 5.98. The number of likely N-dealkylation sites (tertiary alicyclic amines) is 1. The molecule has 0 aromatic heterocycles. The fourth-order valence-corrected chi connectivity index (χ4v) is 2.50. The highest BCUT2D eigenvalue weighted by molar-refractivity contribution is 6.31. The van der Waals surface area contributed by atoms with E-state index in [0.29, 0.717) is 17.9 Å². The van der Waals surface area contributed by atoms with Gasteiger partial charge in [0.15, 0.2) is 0 Å². The number of nitrogens with two attached hydrogens (primary N) is 1. The van der Waals surface area contributed by atoms with Gasteiger partial charge >= 0.3 is 0 Å². The van der Waals surface area contributed by atoms with E-state index >= 15 is 0 Å². The first-order valence-electron chi connectivity index (χ1n) is 7.62. The van der Waals surface area contributed by atoms with E-state index in [4.69, 9.17) is 17.3 Å². The lowest BCUT2D eigenvalue weighted by Crippen LogP contribution is -2.42. The molecule has 0 saturated carbocycles. The second-order valence-electron chi connectivity index (χ2n) is 5.72. The van der Waals surface area contributed by atoms with E-state index in [-0.39, 0.29) is 0 Å². The Bertz CT molecular complexity index is 503. The maximum absolute atomic E-state index is 10.6. The van der Waals surface area contributed by atoms with Crippen molar-refractivity contribution >= 4 is 11.6 Å². The van der Waals surface area contributed by atoms with Gasteiger partial charge in [-0.1, -0.05) is 29.8 Å². The zero-order valence-electron chi connectivity index (χ0n) is 13.7. The molecule has 0 bridgehead atoms. The van der Waals surface area contributed by atoms with E-state index in [2.05, 4.69) is 11.8 Å². The Kier molecular flexibility index (Phi) is 7.49. The van der Waals surface area contributed by atoms with Crippen molar-refractivity contribution in [2.24, 2.45) is 5.73 Å². The number of hydrogen-bond acceptors (Lipinski definition) is 3. The van der Waals surface area contributed by atoms with Gasteiger partial charge < -0.3 is 15.7 Å². The molecule has 1 aliphatic heterocycles. The van der Waals surface area contributed by atoms with Gasteiger partial charge in [0.25, 0.3) is 0 Å². The fraction of sp³-hybridized carbons (Fsp3) is 0.444. The maximum atomic E-state index is 10.6. The van der Waals surface area contributed by atoms with Gasteiger partial charge in [0.2, 0.25) is 0 Å². The van der Waals surface area contributed by atoms with Crippen LogP contribution < -0.4 is 5.73 Å². The Hall–Kier alpha value is -1.45. The summed E-state index contributed by atoms with van der Waals surface area (Å²) in [5.41, 5.74) is 6.86. The molecule has 1 rings (SSSR count). The maximum Gasteiger partial charge on any atom is 0.0864 e. The van der Waals surface area contributed by atoms with Crippen LogP contribution in [0.25, 0.3) is 0 Å². The first kappa shape index (κ1) is 18.6. The zero-order valence-corrected chi connectivity index (χ0v) is 14.5. The summed E-state index contributed by atoms with van der Waals surface area (Å²) < 4.78 is 0. The number of nitrogens with zero attached hydrogens (tertiary/aromatic N) is 1. The summed E-state index contributed by atoms with van der Waals surface area (Å²) in [5.74, 6) is 0. The van der Waals surface area contributed by atoms with Crippen molar-refractivity contribution in [3.63, 3.8) is 0 Å². The summed E-state index contributed by atoms with van der Waals surface area (Å²) in [7, 11) is 0. The van der Waals surface area contributed by atoms with Crippen LogP contribution in [0.1, 0.15) is 33.6 Å². The first-order chi connectivity index (χ1) is 10.4. The zero-order chi connectivity index (χ0) is 16.6. The Morgan fingerprint density at radius 3 is 2.36 bits per heavy atom. The first-order valence-corrected chi connectivity index (χ1v) is 8.00. The lowest BCUT2D eigenvalue weighted by atomic mass is 9.90. The molecular weight excluding hydrogens is 296 g/mol. The Morgan fingerprint density at radius 2 is 1.82 bits per heavy atom. The van der Waals surface area contributed by atoms with Crippen LogP contribution in [0.2, 0.25) is 0 Å². The van der Waals surface area contributed by atoms with E-state index in [1.54, 1.807) is 6.08 Å². The van der Waals surface area contributed by atoms with Gasteiger partial charge in [-0.05, 0) is 57.9 Å². The van der Waals surface area contributed by atoms with Crippen molar-refractivity contribution in [2.45, 2.75) is 39.2 Å². The number of hydrogen-bond donors (Lipinski definition) is 2. The quantitative estimate of drug-likeness (QED) is 0.756. The minimum absolute atomic E-state index is 0.655. The van der Waals surface area contributed by atoms with E-state index in [0.717, 1.165) is 18.8 Å². The summed E-state index contributed by atoms with van der Waals surface area (Å²) in [5, 5.41) is 11.2. The number of rotatable bonds is 5. The Labute approximate surface area is 139 Å². The number of allylic oxidation sites excluding steroid dienone is 9. The topological polar surface area (TPSA) is 49.5 Å². The van der Waals surface area contributed by atoms with Gasteiger partial charge in [-0.3, -0.25) is 0 Å². The summed E-state index contributed by atoms with van der Waals surface area (Å²) in [6, 6.07) is 0. The van der Waals surface area contributed by atoms with Gasteiger partial charge in [0, 0.05) is 29.5 Å². The highest BCUT2D eigenvalue weighted by Gasteiger charge is 2.29. The van der Waals surface area contributed by atoms with Crippen LogP contribution in [0.4, 0.5) is 0 Å². The third-order valence-electron chi connectivity index (χ3n) is 3.70. The third kappa shape index (κ3) is 6.54. The molecule has 0 radical (unpaired) electrons. The Balaban J connectivity index is 2.60. The van der Waals surface area contributed by atoms with Gasteiger partial charge in [0.05, 0.1) is 5.60 Å². The average Bonchev–Trinajstić information content (AvgIpc) is 2.45. The molecule has 0 aliphatic carbocycles. The van der Waals surface area contributed by atoms with Crippen molar-refractivity contribution in [1.82, 2.24) is 4.90 Å². The van der Waals surface area contributed by atoms with Crippen molar-refractivity contribution in [3.05, 3.63) is 59.0 Å². The van der Waals surface area contributed by atoms with E-state index in [1.807, 2.05) is 50.3 Å². The second-order valence-corrected chi connectivity index (χ2v) is 6.16. The van der Waals surface area contributed by atoms with Crippen LogP contribution in [0.5, 0.6) is 0 Å². The minimum atomic E-state index is -0.750. The number of halogens is 1. The van der Waals surface area contributed by atoms with Crippen LogP contribution in [0.3, 0.4) is 0 Å². The molecule has 0 aromatic rings. The molecule has 1 fully saturated rings. The summed E-state index contributed by atoms with van der Waals surface area (Å²) in [6.07, 6.45) is 14.5. The predicted octanol–water partition coefficient (Wildman–Crippen LogP) is 3.83. The molecular formula is C18H27ClN2O. The van der Waals surface area contributed by atoms with Crippen molar-refractivity contribution in [2.75, 3.05) is 13.1 Å². The lowest BCUT2D eigenvalue weighted by Gasteiger charge is -2.38. The monoisotopic (exact) mass is 322 g/mol. The molecule has 1 heterocycles. The largest absolute Gasteiger partial charge is 0.402 e. The minimum Gasteiger partial charge on any atom is -0.402 e. The van der Waals surface area contributed by atoms with Gasteiger partial charge in [-0.15, -0.1) is 0 Å². The van der Waals surface area contributed by atoms with Crippen LogP contribution in [-0.4, -0.2) is 28.7 Å². The Morgan fingerprint density at radius 1 is 1.18 bits per heavy atom. The SMILES string of the molecule is C\C=C/C(Cl)=C\C=C\C1(O)CCN(/C(C)=C/C=C(\C)N)CC1. The predicted molar refractivity (Wildman–Crippen MR) is 95.3 cm³/mol. The normalized spacial score (nSPS) is 21.1. The lowest BCUT2D eigenvalue weighted by molar-refractivity contribution is 0.0287. The number of piperidine rings is 1. The third-order valence-corrected chi connectivity index (χ3v) is 3.96. The summed E-state index contributed by atoms with van der Waals surface area (Å²) in [6.45, 7) is 7.51. The molecule has 0 atom stereocenters. The molecule has 3 N–H and O–H groups in total. The molecule has 0 aromatic carbocycles. The molecule has 1 saturated heterocycles. The van der Waals surface area contributed by atoms with Gasteiger partial charge in [0.1, 0.15) is 0 Å². The molecule has 122 valence electrons. The van der Waals surface area contributed by atoms with Gasteiger partial charge in [-0.25, -0.2) is 0 Å².